The van der Waals surface area contributed by atoms with Crippen LogP contribution in [-0.2, 0) is 0 Å². The van der Waals surface area contributed by atoms with Gasteiger partial charge in [-0.2, -0.15) is 10.5 Å². The number of pyridine rings is 1. The van der Waals surface area contributed by atoms with Gasteiger partial charge >= 0.3 is 0 Å². The molecule has 0 atom stereocenters. The Bertz CT molecular complexity index is 952. The van der Waals surface area contributed by atoms with Crippen molar-refractivity contribution in [1.29, 1.82) is 10.5 Å². The van der Waals surface area contributed by atoms with Gasteiger partial charge in [0.05, 0.1) is 22.2 Å². The van der Waals surface area contributed by atoms with E-state index in [2.05, 4.69) is 17.1 Å². The van der Waals surface area contributed by atoms with Crippen LogP contribution in [0, 0.1) is 22.7 Å². The van der Waals surface area contributed by atoms with Gasteiger partial charge in [0.2, 0.25) is 0 Å². The van der Waals surface area contributed by atoms with E-state index in [0.29, 0.717) is 27.8 Å². The van der Waals surface area contributed by atoms with E-state index >= 15 is 0 Å². The van der Waals surface area contributed by atoms with Gasteiger partial charge in [-0.05, 0) is 35.2 Å². The van der Waals surface area contributed by atoms with E-state index < -0.39 is 0 Å². The van der Waals surface area contributed by atoms with Crippen molar-refractivity contribution in [3.8, 4) is 33.8 Å². The molecule has 0 N–H and O–H groups in total. The molecule has 0 aliphatic heterocycles. The van der Waals surface area contributed by atoms with Gasteiger partial charge in [-0.3, -0.25) is 0 Å². The maximum absolute atomic E-state index is 9.70. The summed E-state index contributed by atoms with van der Waals surface area (Å²) in [6.45, 7) is 0. The third-order valence-electron chi connectivity index (χ3n) is 3.48. The second kappa shape index (κ2) is 8.18. The summed E-state index contributed by atoms with van der Waals surface area (Å²) in [4.78, 5) is 5.72. The Hall–Kier alpha value is -2.31. The predicted octanol–water partition coefficient (Wildman–Crippen LogP) is 6.01. The van der Waals surface area contributed by atoms with Crippen molar-refractivity contribution in [3.63, 3.8) is 0 Å². The minimum atomic E-state index is 0.413. The molecule has 0 unspecified atom stereocenters. The third-order valence-corrected chi connectivity index (χ3v) is 5.60. The fourth-order valence-corrected chi connectivity index (χ4v) is 4.00. The number of thioether (sulfide) groups is 1. The van der Waals surface area contributed by atoms with Crippen LogP contribution in [0.2, 0.25) is 5.02 Å². The molecule has 2 heterocycles. The van der Waals surface area contributed by atoms with Crippen LogP contribution in [0.1, 0.15) is 12.0 Å². The lowest BCUT2D eigenvalue weighted by molar-refractivity contribution is 1.11. The molecule has 3 aromatic rings. The molecule has 0 fully saturated rings. The van der Waals surface area contributed by atoms with Gasteiger partial charge in [0.25, 0.3) is 0 Å². The highest BCUT2D eigenvalue weighted by Gasteiger charge is 2.16. The first-order valence-corrected chi connectivity index (χ1v) is 9.72. The normalized spacial score (nSPS) is 10.2. The minimum Gasteiger partial charge on any atom is -0.239 e. The molecule has 0 aliphatic rings. The Balaban J connectivity index is 2.15. The Morgan fingerprint density at radius 3 is 2.60 bits per heavy atom. The van der Waals surface area contributed by atoms with E-state index in [1.165, 1.54) is 11.8 Å². The Kier molecular flexibility index (Phi) is 5.73. The second-order valence-corrected chi connectivity index (χ2v) is 7.56. The van der Waals surface area contributed by atoms with Gasteiger partial charge in [-0.1, -0.05) is 29.8 Å². The Morgan fingerprint density at radius 2 is 1.96 bits per heavy atom. The monoisotopic (exact) mass is 381 g/mol. The van der Waals surface area contributed by atoms with Crippen LogP contribution in [0.5, 0.6) is 0 Å². The quantitative estimate of drug-likeness (QED) is 0.401. The average molecular weight is 382 g/mol. The lowest BCUT2D eigenvalue weighted by Gasteiger charge is -2.11. The molecular formula is C19H12ClN3S2. The third kappa shape index (κ3) is 4.03. The van der Waals surface area contributed by atoms with Crippen LogP contribution in [0.3, 0.4) is 0 Å². The van der Waals surface area contributed by atoms with Gasteiger partial charge in [0.15, 0.2) is 0 Å². The standard InChI is InChI=1S/C19H12ClN3S2/c20-14-6-4-13(5-7-14)15-11-17(18-3-1-9-24-18)23-19(16(15)12-22)25-10-2-8-21/h1,3-7,9,11H,2,10H2. The summed E-state index contributed by atoms with van der Waals surface area (Å²) in [5, 5.41) is 21.8. The van der Waals surface area contributed by atoms with Crippen LogP contribution < -0.4 is 0 Å². The highest BCUT2D eigenvalue weighted by Crippen LogP contribution is 2.35. The highest BCUT2D eigenvalue weighted by molar-refractivity contribution is 7.99. The largest absolute Gasteiger partial charge is 0.239 e. The number of aromatic nitrogens is 1. The topological polar surface area (TPSA) is 60.5 Å². The summed E-state index contributed by atoms with van der Waals surface area (Å²) in [6, 6.07) is 17.8. The van der Waals surface area contributed by atoms with Crippen LogP contribution in [0.15, 0.2) is 52.9 Å². The fourth-order valence-electron chi connectivity index (χ4n) is 2.34. The molecule has 6 heteroatoms. The lowest BCUT2D eigenvalue weighted by Crippen LogP contribution is -1.95. The van der Waals surface area contributed by atoms with Gasteiger partial charge in [0, 0.05) is 22.8 Å². The number of halogens is 1. The number of nitrogens with zero attached hydrogens (tertiary/aromatic N) is 3. The van der Waals surface area contributed by atoms with Crippen molar-refractivity contribution in [2.75, 3.05) is 5.75 Å². The van der Waals surface area contributed by atoms with Crippen LogP contribution >= 0.6 is 34.7 Å². The summed E-state index contributed by atoms with van der Waals surface area (Å²) < 4.78 is 0. The first kappa shape index (κ1) is 17.5. The second-order valence-electron chi connectivity index (χ2n) is 5.09. The van der Waals surface area contributed by atoms with E-state index in [0.717, 1.165) is 21.7 Å². The summed E-state index contributed by atoms with van der Waals surface area (Å²) in [5.74, 6) is 0.603. The van der Waals surface area contributed by atoms with Crippen LogP contribution in [0.25, 0.3) is 21.7 Å². The van der Waals surface area contributed by atoms with Crippen molar-refractivity contribution in [2.45, 2.75) is 11.4 Å². The van der Waals surface area contributed by atoms with Crippen molar-refractivity contribution in [2.24, 2.45) is 0 Å². The molecular weight excluding hydrogens is 370 g/mol. The molecule has 3 rings (SSSR count). The maximum Gasteiger partial charge on any atom is 0.115 e. The SMILES string of the molecule is N#CCCSc1nc(-c2cccs2)cc(-c2ccc(Cl)cc2)c1C#N. The van der Waals surface area contributed by atoms with Crippen molar-refractivity contribution in [1.82, 2.24) is 4.98 Å². The van der Waals surface area contributed by atoms with Crippen LogP contribution in [-0.4, -0.2) is 10.7 Å². The average Bonchev–Trinajstić information content (AvgIpc) is 3.16. The van der Waals surface area contributed by atoms with Crippen molar-refractivity contribution in [3.05, 3.63) is 58.4 Å². The number of rotatable bonds is 5. The summed E-state index contributed by atoms with van der Waals surface area (Å²) in [6.07, 6.45) is 0.413. The number of thiophene rings is 1. The molecule has 0 amide bonds. The molecule has 0 radical (unpaired) electrons. The van der Waals surface area contributed by atoms with E-state index in [9.17, 15) is 5.26 Å². The van der Waals surface area contributed by atoms with E-state index in [1.54, 1.807) is 11.3 Å². The molecule has 0 saturated heterocycles. The Morgan fingerprint density at radius 1 is 1.16 bits per heavy atom. The van der Waals surface area contributed by atoms with Crippen LogP contribution in [0.4, 0.5) is 0 Å². The lowest BCUT2D eigenvalue weighted by atomic mass is 10.0. The minimum absolute atomic E-state index is 0.413. The predicted molar refractivity (Wildman–Crippen MR) is 104 cm³/mol. The van der Waals surface area contributed by atoms with Gasteiger partial charge in [-0.25, -0.2) is 4.98 Å². The first-order valence-electron chi connectivity index (χ1n) is 7.47. The molecule has 0 saturated carbocycles. The molecule has 0 spiro atoms. The number of nitriles is 2. The Labute approximate surface area is 159 Å². The van der Waals surface area contributed by atoms with E-state index in [-0.39, 0.29) is 0 Å². The van der Waals surface area contributed by atoms with Gasteiger partial charge < -0.3 is 0 Å². The molecule has 25 heavy (non-hydrogen) atoms. The zero-order valence-corrected chi connectivity index (χ0v) is 15.5. The summed E-state index contributed by atoms with van der Waals surface area (Å²) >= 11 is 9.04. The summed E-state index contributed by atoms with van der Waals surface area (Å²) in [5.41, 5.74) is 3.12. The van der Waals surface area contributed by atoms with E-state index in [1.807, 2.05) is 47.8 Å². The zero-order valence-electron chi connectivity index (χ0n) is 13.1. The first-order chi connectivity index (χ1) is 12.2. The molecule has 122 valence electrons. The van der Waals surface area contributed by atoms with Crippen molar-refractivity contribution < 1.29 is 0 Å². The molecule has 1 aromatic carbocycles. The zero-order chi connectivity index (χ0) is 17.6. The molecule has 0 bridgehead atoms. The summed E-state index contributed by atoms with van der Waals surface area (Å²) in [7, 11) is 0. The molecule has 0 aliphatic carbocycles. The van der Waals surface area contributed by atoms with Gasteiger partial charge in [0.1, 0.15) is 11.1 Å². The van der Waals surface area contributed by atoms with Crippen molar-refractivity contribution >= 4 is 34.7 Å². The number of hydrogen-bond donors (Lipinski definition) is 0. The van der Waals surface area contributed by atoms with E-state index in [4.69, 9.17) is 16.9 Å². The number of benzene rings is 1. The number of hydrogen-bond acceptors (Lipinski definition) is 5. The molecule has 3 nitrogen and oxygen atoms in total. The molecule has 2 aromatic heterocycles. The maximum atomic E-state index is 9.70. The highest BCUT2D eigenvalue weighted by atomic mass is 35.5. The smallest absolute Gasteiger partial charge is 0.115 e. The fraction of sp³-hybridized carbons (Fsp3) is 0.105. The van der Waals surface area contributed by atoms with Gasteiger partial charge in [-0.15, -0.1) is 23.1 Å².